The van der Waals surface area contributed by atoms with Gasteiger partial charge in [0, 0.05) is 11.9 Å². The number of carbonyl (C=O) groups is 2. The molecular weight excluding hydrogens is 288 g/mol. The number of thiophene rings is 1. The van der Waals surface area contributed by atoms with Crippen molar-refractivity contribution in [2.45, 2.75) is 32.4 Å². The van der Waals surface area contributed by atoms with Crippen LogP contribution in [0.2, 0.25) is 4.34 Å². The molecule has 1 aromatic heterocycles. The van der Waals surface area contributed by atoms with E-state index in [1.807, 2.05) is 6.07 Å². The van der Waals surface area contributed by atoms with Gasteiger partial charge in [-0.05, 0) is 25.5 Å². The topological polar surface area (TPSA) is 69.6 Å². The highest BCUT2D eigenvalue weighted by atomic mass is 35.5. The Hall–Kier alpha value is -1.27. The first-order valence-electron chi connectivity index (χ1n) is 5.79. The fourth-order valence-corrected chi connectivity index (χ4v) is 2.51. The van der Waals surface area contributed by atoms with Crippen LogP contribution in [0.5, 0.6) is 0 Å². The van der Waals surface area contributed by atoms with Gasteiger partial charge in [-0.15, -0.1) is 11.3 Å². The maximum Gasteiger partial charge on any atom is 0.329 e. The Morgan fingerprint density at radius 1 is 1.53 bits per heavy atom. The second kappa shape index (κ2) is 6.25. The zero-order valence-electron chi connectivity index (χ0n) is 11.1. The summed E-state index contributed by atoms with van der Waals surface area (Å²) in [5, 5.41) is 11.6. The van der Waals surface area contributed by atoms with E-state index in [0.29, 0.717) is 17.3 Å². The number of carboxylic acids is 1. The van der Waals surface area contributed by atoms with Crippen LogP contribution in [0.1, 0.15) is 25.1 Å². The molecule has 7 heteroatoms. The molecule has 0 saturated heterocycles. The molecule has 0 aliphatic rings. The summed E-state index contributed by atoms with van der Waals surface area (Å²) < 4.78 is 0.660. The third kappa shape index (κ3) is 4.11. The molecule has 2 N–H and O–H groups in total. The average molecular weight is 305 g/mol. The summed E-state index contributed by atoms with van der Waals surface area (Å²) in [4.78, 5) is 25.5. The number of carboxylic acid groups (broad SMARTS) is 1. The molecule has 0 aliphatic carbocycles. The Morgan fingerprint density at radius 3 is 2.58 bits per heavy atom. The Balaban J connectivity index is 2.65. The van der Waals surface area contributed by atoms with Crippen LogP contribution in [0.4, 0.5) is 4.79 Å². The van der Waals surface area contributed by atoms with Crippen LogP contribution in [-0.2, 0) is 11.3 Å². The Kier molecular flexibility index (Phi) is 5.20. The van der Waals surface area contributed by atoms with Crippen molar-refractivity contribution in [3.8, 4) is 0 Å². The van der Waals surface area contributed by atoms with E-state index in [9.17, 15) is 9.59 Å². The third-order valence-electron chi connectivity index (χ3n) is 2.93. The molecule has 19 heavy (non-hydrogen) atoms. The highest BCUT2D eigenvalue weighted by Gasteiger charge is 2.33. The van der Waals surface area contributed by atoms with Gasteiger partial charge in [0.05, 0.1) is 10.9 Å². The minimum atomic E-state index is -1.25. The van der Waals surface area contributed by atoms with Crippen molar-refractivity contribution in [3.05, 3.63) is 21.3 Å². The van der Waals surface area contributed by atoms with Crippen LogP contribution in [0.3, 0.4) is 0 Å². The molecule has 0 radical (unpaired) electrons. The first-order valence-corrected chi connectivity index (χ1v) is 6.99. The van der Waals surface area contributed by atoms with Gasteiger partial charge in [0.2, 0.25) is 0 Å². The summed E-state index contributed by atoms with van der Waals surface area (Å²) in [5.74, 6) is -1.05. The summed E-state index contributed by atoms with van der Waals surface area (Å²) in [5.41, 5.74) is -1.25. The van der Waals surface area contributed by atoms with Gasteiger partial charge in [0.1, 0.15) is 5.54 Å². The molecule has 0 aromatic carbocycles. The predicted molar refractivity (Wildman–Crippen MR) is 75.7 cm³/mol. The molecule has 1 heterocycles. The number of nitrogens with zero attached hydrogens (tertiary/aromatic N) is 1. The van der Waals surface area contributed by atoms with Crippen LogP contribution in [0.25, 0.3) is 0 Å². The van der Waals surface area contributed by atoms with E-state index < -0.39 is 17.5 Å². The average Bonchev–Trinajstić information content (AvgIpc) is 2.74. The maximum atomic E-state index is 12.0. The second-order valence-electron chi connectivity index (χ2n) is 4.48. The van der Waals surface area contributed by atoms with Gasteiger partial charge in [0.25, 0.3) is 0 Å². The molecule has 2 amide bonds. The van der Waals surface area contributed by atoms with E-state index in [-0.39, 0.29) is 0 Å². The number of halogens is 1. The van der Waals surface area contributed by atoms with Gasteiger partial charge in [-0.25, -0.2) is 9.59 Å². The molecule has 1 rings (SSSR count). The van der Waals surface area contributed by atoms with Crippen LogP contribution in [-0.4, -0.2) is 34.6 Å². The summed E-state index contributed by atoms with van der Waals surface area (Å²) in [6, 6.07) is 3.18. The zero-order chi connectivity index (χ0) is 14.6. The number of rotatable bonds is 5. The lowest BCUT2D eigenvalue weighted by Crippen LogP contribution is -2.54. The fraction of sp³-hybridized carbons (Fsp3) is 0.500. The number of hydrogen-bond donors (Lipinski definition) is 2. The third-order valence-corrected chi connectivity index (χ3v) is 4.15. The Morgan fingerprint density at radius 2 is 2.16 bits per heavy atom. The van der Waals surface area contributed by atoms with Crippen LogP contribution in [0.15, 0.2) is 12.1 Å². The molecule has 1 atom stereocenters. The molecule has 5 nitrogen and oxygen atoms in total. The number of hydrogen-bond acceptors (Lipinski definition) is 3. The quantitative estimate of drug-likeness (QED) is 0.879. The van der Waals surface area contributed by atoms with Crippen molar-refractivity contribution in [1.29, 1.82) is 0 Å². The first kappa shape index (κ1) is 15.8. The predicted octanol–water partition coefficient (Wildman–Crippen LogP) is 2.80. The zero-order valence-corrected chi connectivity index (χ0v) is 12.6. The molecule has 0 fully saturated rings. The lowest BCUT2D eigenvalue weighted by molar-refractivity contribution is -0.143. The lowest BCUT2D eigenvalue weighted by Gasteiger charge is -2.27. The van der Waals surface area contributed by atoms with Gasteiger partial charge in [-0.2, -0.15) is 0 Å². The van der Waals surface area contributed by atoms with Crippen molar-refractivity contribution in [2.24, 2.45) is 0 Å². The lowest BCUT2D eigenvalue weighted by atomic mass is 10.00. The monoisotopic (exact) mass is 304 g/mol. The van der Waals surface area contributed by atoms with Crippen LogP contribution < -0.4 is 5.32 Å². The smallest absolute Gasteiger partial charge is 0.329 e. The normalized spacial score (nSPS) is 13.7. The van der Waals surface area contributed by atoms with Gasteiger partial charge in [0.15, 0.2) is 0 Å². The molecule has 0 bridgehead atoms. The summed E-state index contributed by atoms with van der Waals surface area (Å²) in [6.07, 6.45) is 0.312. The minimum absolute atomic E-state index is 0.312. The highest BCUT2D eigenvalue weighted by Crippen LogP contribution is 2.22. The van der Waals surface area contributed by atoms with Crippen molar-refractivity contribution in [1.82, 2.24) is 10.2 Å². The molecule has 0 saturated carbocycles. The van der Waals surface area contributed by atoms with Crippen LogP contribution >= 0.6 is 22.9 Å². The summed E-state index contributed by atoms with van der Waals surface area (Å²) in [6.45, 7) is 3.60. The number of urea groups is 1. The van der Waals surface area contributed by atoms with E-state index >= 15 is 0 Å². The largest absolute Gasteiger partial charge is 0.480 e. The van der Waals surface area contributed by atoms with E-state index in [1.54, 1.807) is 20.0 Å². The molecule has 1 unspecified atom stereocenters. The molecule has 1 aromatic rings. The first-order chi connectivity index (χ1) is 8.78. The van der Waals surface area contributed by atoms with Crippen LogP contribution in [0, 0.1) is 0 Å². The molecule has 106 valence electrons. The highest BCUT2D eigenvalue weighted by molar-refractivity contribution is 7.16. The molecule has 0 spiro atoms. The minimum Gasteiger partial charge on any atom is -0.480 e. The van der Waals surface area contributed by atoms with E-state index in [2.05, 4.69) is 5.32 Å². The standard InChI is InChI=1S/C12H17ClN2O3S/c1-4-12(2,10(16)17)14-11(18)15(3)7-8-5-6-9(13)19-8/h5-6H,4,7H2,1-3H3,(H,14,18)(H,16,17). The Labute approximate surface area is 121 Å². The van der Waals surface area contributed by atoms with Gasteiger partial charge in [-0.3, -0.25) is 0 Å². The van der Waals surface area contributed by atoms with Gasteiger partial charge >= 0.3 is 12.0 Å². The number of nitrogens with one attached hydrogen (secondary N) is 1. The van der Waals surface area contributed by atoms with Crippen molar-refractivity contribution >= 4 is 34.9 Å². The molecular formula is C12H17ClN2O3S. The summed E-state index contributed by atoms with van der Waals surface area (Å²) >= 11 is 7.21. The molecule has 0 aliphatic heterocycles. The number of amides is 2. The van der Waals surface area contributed by atoms with Gasteiger partial charge < -0.3 is 15.3 Å². The SMILES string of the molecule is CCC(C)(NC(=O)N(C)Cc1ccc(Cl)s1)C(=O)O. The number of aliphatic carboxylic acids is 1. The summed E-state index contributed by atoms with van der Waals surface area (Å²) in [7, 11) is 1.61. The van der Waals surface area contributed by atoms with E-state index in [1.165, 1.54) is 23.2 Å². The van der Waals surface area contributed by atoms with E-state index in [0.717, 1.165) is 4.88 Å². The van der Waals surface area contributed by atoms with Crippen molar-refractivity contribution in [2.75, 3.05) is 7.05 Å². The van der Waals surface area contributed by atoms with Crippen molar-refractivity contribution < 1.29 is 14.7 Å². The number of carbonyl (C=O) groups excluding carboxylic acids is 1. The Bertz CT molecular complexity index is 477. The fourth-order valence-electron chi connectivity index (χ4n) is 1.37. The van der Waals surface area contributed by atoms with Gasteiger partial charge in [-0.1, -0.05) is 18.5 Å². The second-order valence-corrected chi connectivity index (χ2v) is 6.28. The van der Waals surface area contributed by atoms with E-state index in [4.69, 9.17) is 16.7 Å². The van der Waals surface area contributed by atoms with Crippen molar-refractivity contribution in [3.63, 3.8) is 0 Å². The maximum absolute atomic E-state index is 12.0.